The number of rotatable bonds is 3. The van der Waals surface area contributed by atoms with Gasteiger partial charge in [0.25, 0.3) is 5.69 Å². The average molecular weight is 211 g/mol. The molecule has 0 saturated heterocycles. The quantitative estimate of drug-likeness (QED) is 0.605. The highest BCUT2D eigenvalue weighted by Crippen LogP contribution is 2.28. The molecule has 0 aromatic heterocycles. The zero-order chi connectivity index (χ0) is 11.6. The number of ether oxygens (including phenoxy) is 1. The van der Waals surface area contributed by atoms with Crippen molar-refractivity contribution in [2.75, 3.05) is 7.11 Å². The van der Waals surface area contributed by atoms with E-state index in [0.29, 0.717) is 5.56 Å². The van der Waals surface area contributed by atoms with Crippen LogP contribution in [-0.2, 0) is 0 Å². The second-order valence-corrected chi connectivity index (χ2v) is 2.91. The Morgan fingerprint density at radius 3 is 2.53 bits per heavy atom. The van der Waals surface area contributed by atoms with Crippen LogP contribution in [0.2, 0.25) is 0 Å². The minimum absolute atomic E-state index is 0.146. The van der Waals surface area contributed by atoms with Gasteiger partial charge in [-0.3, -0.25) is 10.1 Å². The number of carboxylic acid groups (broad SMARTS) is 1. The third-order valence-corrected chi connectivity index (χ3v) is 1.90. The molecule has 6 heteroatoms. The van der Waals surface area contributed by atoms with Gasteiger partial charge in [-0.1, -0.05) is 0 Å². The summed E-state index contributed by atoms with van der Waals surface area (Å²) in [4.78, 5) is 20.7. The van der Waals surface area contributed by atoms with Gasteiger partial charge in [-0.05, 0) is 12.5 Å². The molecule has 0 aliphatic heterocycles. The molecule has 80 valence electrons. The van der Waals surface area contributed by atoms with Crippen LogP contribution in [0.4, 0.5) is 5.69 Å². The third kappa shape index (κ3) is 2.04. The lowest BCUT2D eigenvalue weighted by Gasteiger charge is -2.07. The fourth-order valence-corrected chi connectivity index (χ4v) is 1.29. The molecule has 0 aliphatic carbocycles. The Morgan fingerprint density at radius 1 is 1.53 bits per heavy atom. The van der Waals surface area contributed by atoms with Crippen LogP contribution >= 0.6 is 0 Å². The molecule has 1 N–H and O–H groups in total. The smallest absolute Gasteiger partial charge is 0.339 e. The zero-order valence-electron chi connectivity index (χ0n) is 8.18. The van der Waals surface area contributed by atoms with Gasteiger partial charge in [0, 0.05) is 12.1 Å². The molecule has 1 aromatic rings. The number of carbonyl (C=O) groups is 1. The molecule has 0 atom stereocenters. The van der Waals surface area contributed by atoms with Crippen LogP contribution in [0.25, 0.3) is 0 Å². The molecule has 0 heterocycles. The van der Waals surface area contributed by atoms with Crippen LogP contribution in [0.5, 0.6) is 5.75 Å². The first-order valence-corrected chi connectivity index (χ1v) is 4.03. The van der Waals surface area contributed by atoms with Gasteiger partial charge in [-0.15, -0.1) is 0 Å². The van der Waals surface area contributed by atoms with Crippen molar-refractivity contribution in [1.29, 1.82) is 0 Å². The summed E-state index contributed by atoms with van der Waals surface area (Å²) in [7, 11) is 1.32. The Labute approximate surface area is 85.2 Å². The summed E-state index contributed by atoms with van der Waals surface area (Å²) in [5.41, 5.74) is -0.0426. The number of aromatic carboxylic acids is 1. The number of carboxylic acids is 1. The summed E-state index contributed by atoms with van der Waals surface area (Å²) in [6.45, 7) is 1.55. The second-order valence-electron chi connectivity index (χ2n) is 2.91. The van der Waals surface area contributed by atoms with Gasteiger partial charge in [0.05, 0.1) is 12.0 Å². The summed E-state index contributed by atoms with van der Waals surface area (Å²) < 4.78 is 4.87. The number of aryl methyl sites for hydroxylation is 1. The van der Waals surface area contributed by atoms with Crippen molar-refractivity contribution in [3.05, 3.63) is 33.4 Å². The maximum absolute atomic E-state index is 10.8. The Balaban J connectivity index is 3.45. The molecule has 0 radical (unpaired) electrons. The molecule has 0 spiro atoms. The van der Waals surface area contributed by atoms with E-state index in [2.05, 4.69) is 0 Å². The number of hydrogen-bond acceptors (Lipinski definition) is 4. The fourth-order valence-electron chi connectivity index (χ4n) is 1.29. The highest BCUT2D eigenvalue weighted by Gasteiger charge is 2.19. The van der Waals surface area contributed by atoms with Gasteiger partial charge in [0.2, 0.25) is 0 Å². The van der Waals surface area contributed by atoms with E-state index in [1.165, 1.54) is 13.2 Å². The topological polar surface area (TPSA) is 89.7 Å². The van der Waals surface area contributed by atoms with Crippen molar-refractivity contribution >= 4 is 11.7 Å². The minimum Gasteiger partial charge on any atom is -0.496 e. The summed E-state index contributed by atoms with van der Waals surface area (Å²) in [6.07, 6.45) is 0. The van der Waals surface area contributed by atoms with Gasteiger partial charge < -0.3 is 9.84 Å². The highest BCUT2D eigenvalue weighted by atomic mass is 16.6. The number of nitro benzene ring substituents is 1. The van der Waals surface area contributed by atoms with E-state index in [0.717, 1.165) is 6.07 Å². The van der Waals surface area contributed by atoms with Gasteiger partial charge in [0.15, 0.2) is 0 Å². The summed E-state index contributed by atoms with van der Waals surface area (Å²) in [5.74, 6) is -1.10. The molecule has 0 bridgehead atoms. The van der Waals surface area contributed by atoms with Crippen molar-refractivity contribution in [3.63, 3.8) is 0 Å². The van der Waals surface area contributed by atoms with Crippen LogP contribution in [0.15, 0.2) is 12.1 Å². The molecule has 0 saturated carbocycles. The van der Waals surface area contributed by atoms with Crippen molar-refractivity contribution < 1.29 is 19.6 Å². The van der Waals surface area contributed by atoms with E-state index < -0.39 is 10.9 Å². The lowest BCUT2D eigenvalue weighted by atomic mass is 10.1. The maximum atomic E-state index is 10.8. The number of non-ortho nitro benzene ring substituents is 1. The van der Waals surface area contributed by atoms with E-state index >= 15 is 0 Å². The largest absolute Gasteiger partial charge is 0.496 e. The number of hydrogen-bond donors (Lipinski definition) is 1. The summed E-state index contributed by atoms with van der Waals surface area (Å²) in [5, 5.41) is 19.3. The van der Waals surface area contributed by atoms with Crippen LogP contribution in [0.3, 0.4) is 0 Å². The summed E-state index contributed by atoms with van der Waals surface area (Å²) >= 11 is 0. The van der Waals surface area contributed by atoms with Gasteiger partial charge in [-0.25, -0.2) is 4.79 Å². The van der Waals surface area contributed by atoms with Crippen LogP contribution in [-0.4, -0.2) is 23.1 Å². The lowest BCUT2D eigenvalue weighted by molar-refractivity contribution is -0.385. The van der Waals surface area contributed by atoms with E-state index in [4.69, 9.17) is 9.84 Å². The standard InChI is InChI=1S/C9H9NO5/c1-5-3-6(10(13)14)4-7(9(11)12)8(5)15-2/h3-4H,1-2H3,(H,11,12). The number of nitro groups is 1. The van der Waals surface area contributed by atoms with Crippen LogP contribution in [0, 0.1) is 17.0 Å². The predicted molar refractivity (Wildman–Crippen MR) is 51.3 cm³/mol. The summed E-state index contributed by atoms with van der Waals surface area (Å²) in [6, 6.07) is 2.25. The molecule has 1 aromatic carbocycles. The first kappa shape index (κ1) is 11.0. The molecule has 0 fully saturated rings. The van der Waals surface area contributed by atoms with Gasteiger partial charge in [0.1, 0.15) is 11.3 Å². The van der Waals surface area contributed by atoms with Crippen LogP contribution in [0.1, 0.15) is 15.9 Å². The zero-order valence-corrected chi connectivity index (χ0v) is 8.18. The monoisotopic (exact) mass is 211 g/mol. The fraction of sp³-hybridized carbons (Fsp3) is 0.222. The molecule has 0 unspecified atom stereocenters. The molecule has 0 aliphatic rings. The molecule has 6 nitrogen and oxygen atoms in total. The van der Waals surface area contributed by atoms with Crippen LogP contribution < -0.4 is 4.74 Å². The number of nitrogens with zero attached hydrogens (tertiary/aromatic N) is 1. The first-order chi connectivity index (χ1) is 6.97. The second kappa shape index (κ2) is 3.95. The SMILES string of the molecule is COc1c(C)cc([N+](=O)[O-])cc1C(=O)O. The van der Waals surface area contributed by atoms with Gasteiger partial charge >= 0.3 is 5.97 Å². The molecular formula is C9H9NO5. The van der Waals surface area contributed by atoms with E-state index in [1.54, 1.807) is 6.92 Å². The maximum Gasteiger partial charge on any atom is 0.339 e. The van der Waals surface area contributed by atoms with E-state index in [9.17, 15) is 14.9 Å². The van der Waals surface area contributed by atoms with Crippen molar-refractivity contribution in [2.24, 2.45) is 0 Å². The number of benzene rings is 1. The van der Waals surface area contributed by atoms with E-state index in [1.807, 2.05) is 0 Å². The van der Waals surface area contributed by atoms with Gasteiger partial charge in [-0.2, -0.15) is 0 Å². The Hall–Kier alpha value is -2.11. The van der Waals surface area contributed by atoms with Crippen molar-refractivity contribution in [3.8, 4) is 5.75 Å². The Morgan fingerprint density at radius 2 is 2.13 bits per heavy atom. The predicted octanol–water partition coefficient (Wildman–Crippen LogP) is 1.61. The normalized spacial score (nSPS) is 9.73. The average Bonchev–Trinajstić information content (AvgIpc) is 2.16. The molecule has 1 rings (SSSR count). The molecule has 15 heavy (non-hydrogen) atoms. The first-order valence-electron chi connectivity index (χ1n) is 4.03. The minimum atomic E-state index is -1.25. The van der Waals surface area contributed by atoms with Crippen molar-refractivity contribution in [1.82, 2.24) is 0 Å². The van der Waals surface area contributed by atoms with Crippen molar-refractivity contribution in [2.45, 2.75) is 6.92 Å². The molecular weight excluding hydrogens is 202 g/mol. The van der Waals surface area contributed by atoms with E-state index in [-0.39, 0.29) is 17.0 Å². The number of methoxy groups -OCH3 is 1. The third-order valence-electron chi connectivity index (χ3n) is 1.90. The lowest BCUT2D eigenvalue weighted by Crippen LogP contribution is -2.03. The molecule has 0 amide bonds. The Bertz CT molecular complexity index is 427. The highest BCUT2D eigenvalue weighted by molar-refractivity contribution is 5.92. The Kier molecular flexibility index (Phi) is 2.89.